The summed E-state index contributed by atoms with van der Waals surface area (Å²) >= 11 is 0. The van der Waals surface area contributed by atoms with Crippen LogP contribution >= 0.6 is 0 Å². The van der Waals surface area contributed by atoms with Crippen LogP contribution in [0.3, 0.4) is 0 Å². The van der Waals surface area contributed by atoms with Crippen LogP contribution in [0.15, 0.2) is 27.7 Å². The van der Waals surface area contributed by atoms with E-state index in [0.29, 0.717) is 17.4 Å². The van der Waals surface area contributed by atoms with Gasteiger partial charge in [-0.15, -0.1) is 10.2 Å². The van der Waals surface area contributed by atoms with E-state index in [2.05, 4.69) is 64.7 Å². The van der Waals surface area contributed by atoms with Crippen molar-refractivity contribution in [2.75, 3.05) is 0 Å². The minimum Gasteiger partial charge on any atom is -0.453 e. The van der Waals surface area contributed by atoms with Crippen molar-refractivity contribution in [1.29, 1.82) is 5.26 Å². The largest absolute Gasteiger partial charge is 0.453 e. The van der Waals surface area contributed by atoms with Crippen molar-refractivity contribution >= 4 is 11.8 Å². The molecule has 3 fully saturated rings. The number of hydrogen-bond acceptors (Lipinski definition) is 8. The van der Waals surface area contributed by atoms with Gasteiger partial charge >= 0.3 is 5.97 Å². The Hall–Kier alpha value is -2.79. The molecule has 44 heavy (non-hydrogen) atoms. The molecule has 0 amide bonds. The standard InChI is InChI=1S/C36H49N3O5/c1-20(43-21(2)40)29-38-39-30(44-29)33(6)13-12-32(5)14-15-36(9)27(23(32)18-33)24(41)16-26-34(7)17-22(19-37)28(42)31(3,4)25(34)10-11-35(26,36)8/h16-17,20,23,25,27-28,42H,10-15,18H2,1-9H3/t20-,23-,25-,27-,28?,32+,33-,34-,35+,36+/m0/s1. The maximum Gasteiger partial charge on any atom is 0.303 e. The lowest BCUT2D eigenvalue weighted by Gasteiger charge is -2.69. The maximum atomic E-state index is 14.7. The van der Waals surface area contributed by atoms with Gasteiger partial charge in [-0.3, -0.25) is 9.59 Å². The third-order valence-electron chi connectivity index (χ3n) is 13.9. The summed E-state index contributed by atoms with van der Waals surface area (Å²) in [6, 6.07) is 2.29. The smallest absolute Gasteiger partial charge is 0.303 e. The summed E-state index contributed by atoms with van der Waals surface area (Å²) in [6.45, 7) is 18.7. The number of aromatic nitrogens is 2. The number of nitrogens with zero attached hydrogens (tertiary/aromatic N) is 3. The number of rotatable bonds is 3. The topological polar surface area (TPSA) is 126 Å². The molecule has 5 aliphatic carbocycles. The molecule has 6 rings (SSSR count). The lowest BCUT2D eigenvalue weighted by molar-refractivity contribution is -0.167. The summed E-state index contributed by atoms with van der Waals surface area (Å²) in [4.78, 5) is 26.2. The summed E-state index contributed by atoms with van der Waals surface area (Å²) in [7, 11) is 0. The summed E-state index contributed by atoms with van der Waals surface area (Å²) in [6.07, 6.45) is 9.10. The first-order valence-electron chi connectivity index (χ1n) is 16.4. The van der Waals surface area contributed by atoms with E-state index in [1.165, 1.54) is 6.92 Å². The van der Waals surface area contributed by atoms with Crippen LogP contribution in [0.5, 0.6) is 0 Å². The molecule has 0 aliphatic heterocycles. The van der Waals surface area contributed by atoms with Crippen LogP contribution in [0.1, 0.15) is 125 Å². The molecule has 0 bridgehead atoms. The van der Waals surface area contributed by atoms with E-state index >= 15 is 0 Å². The molecular formula is C36H49N3O5. The van der Waals surface area contributed by atoms with Crippen molar-refractivity contribution in [1.82, 2.24) is 10.2 Å². The first-order chi connectivity index (χ1) is 20.4. The molecule has 1 unspecified atom stereocenters. The Morgan fingerprint density at radius 1 is 1.09 bits per heavy atom. The lowest BCUT2D eigenvalue weighted by Crippen LogP contribution is -2.65. The normalized spacial score (nSPS) is 44.9. The predicted molar refractivity (Wildman–Crippen MR) is 164 cm³/mol. The molecular weight excluding hydrogens is 554 g/mol. The van der Waals surface area contributed by atoms with Gasteiger partial charge in [-0.25, -0.2) is 0 Å². The second-order valence-corrected chi connectivity index (χ2v) is 16.7. The Kier molecular flexibility index (Phi) is 6.81. The van der Waals surface area contributed by atoms with Gasteiger partial charge in [0.25, 0.3) is 5.89 Å². The second-order valence-electron chi connectivity index (χ2n) is 16.7. The molecule has 238 valence electrons. The van der Waals surface area contributed by atoms with E-state index in [9.17, 15) is 20.0 Å². The van der Waals surface area contributed by atoms with E-state index in [4.69, 9.17) is 9.15 Å². The van der Waals surface area contributed by atoms with Crippen molar-refractivity contribution in [3.8, 4) is 6.07 Å². The SMILES string of the molecule is CC(=O)O[C@@H](C)c1nnc([C@@]2(C)CC[C@]3(C)CC[C@]4(C)[C@H](C(=O)C=C5[C@@]6(C)C=C(C#N)C(O)C(C)(C)[C@@H]6CC[C@]54C)[C@@H]3C2)o1. The molecule has 0 aromatic carbocycles. The zero-order chi connectivity index (χ0) is 32.3. The molecule has 8 heteroatoms. The lowest BCUT2D eigenvalue weighted by atomic mass is 9.34. The molecule has 0 spiro atoms. The average molecular weight is 604 g/mol. The van der Waals surface area contributed by atoms with E-state index in [0.717, 1.165) is 50.5 Å². The van der Waals surface area contributed by atoms with Crippen LogP contribution in [-0.4, -0.2) is 33.2 Å². The van der Waals surface area contributed by atoms with E-state index in [1.807, 2.05) is 12.2 Å². The number of carbonyl (C=O) groups is 2. The van der Waals surface area contributed by atoms with Crippen LogP contribution in [0.2, 0.25) is 0 Å². The number of nitriles is 1. The van der Waals surface area contributed by atoms with Gasteiger partial charge in [0.2, 0.25) is 5.89 Å². The third kappa shape index (κ3) is 4.03. The highest BCUT2D eigenvalue weighted by Crippen LogP contribution is 2.74. The maximum absolute atomic E-state index is 14.7. The molecule has 1 aromatic heterocycles. The number of allylic oxidation sites excluding steroid dienone is 3. The van der Waals surface area contributed by atoms with Crippen molar-refractivity contribution in [3.63, 3.8) is 0 Å². The first kappa shape index (κ1) is 31.2. The molecule has 8 nitrogen and oxygen atoms in total. The van der Waals surface area contributed by atoms with Crippen molar-refractivity contribution in [2.24, 2.45) is 44.8 Å². The van der Waals surface area contributed by atoms with Gasteiger partial charge in [0.05, 0.1) is 17.7 Å². The molecule has 10 atom stereocenters. The number of fused-ring (bicyclic) bond motifs is 7. The van der Waals surface area contributed by atoms with Crippen molar-refractivity contribution in [2.45, 2.75) is 125 Å². The Balaban J connectivity index is 1.41. The molecule has 1 heterocycles. The van der Waals surface area contributed by atoms with Gasteiger partial charge in [-0.1, -0.05) is 60.1 Å². The molecule has 5 aliphatic rings. The van der Waals surface area contributed by atoms with Gasteiger partial charge < -0.3 is 14.3 Å². The van der Waals surface area contributed by atoms with Crippen LogP contribution in [0.4, 0.5) is 0 Å². The van der Waals surface area contributed by atoms with Crippen LogP contribution in [0.25, 0.3) is 0 Å². The summed E-state index contributed by atoms with van der Waals surface area (Å²) in [5, 5.41) is 29.9. The van der Waals surface area contributed by atoms with Crippen LogP contribution in [0, 0.1) is 56.2 Å². The zero-order valence-corrected chi connectivity index (χ0v) is 27.9. The van der Waals surface area contributed by atoms with Crippen molar-refractivity contribution in [3.05, 3.63) is 35.1 Å². The van der Waals surface area contributed by atoms with Crippen LogP contribution in [-0.2, 0) is 19.7 Å². The monoisotopic (exact) mass is 603 g/mol. The van der Waals surface area contributed by atoms with Gasteiger partial charge in [0.15, 0.2) is 11.9 Å². The number of carbonyl (C=O) groups excluding carboxylic acids is 2. The number of aliphatic hydroxyl groups is 1. The third-order valence-corrected chi connectivity index (χ3v) is 13.9. The Morgan fingerprint density at radius 2 is 1.77 bits per heavy atom. The van der Waals surface area contributed by atoms with Crippen LogP contribution < -0.4 is 0 Å². The van der Waals surface area contributed by atoms with Gasteiger partial charge in [-0.05, 0) is 91.4 Å². The number of hydrogen-bond donors (Lipinski definition) is 1. The number of ether oxygens (including phenoxy) is 1. The van der Waals surface area contributed by atoms with Gasteiger partial charge in [0.1, 0.15) is 0 Å². The Labute approximate surface area is 261 Å². The van der Waals surface area contributed by atoms with E-state index < -0.39 is 34.4 Å². The molecule has 0 saturated heterocycles. The Bertz CT molecular complexity index is 1520. The molecule has 3 saturated carbocycles. The van der Waals surface area contributed by atoms with E-state index in [1.54, 1.807) is 6.92 Å². The van der Waals surface area contributed by atoms with E-state index in [-0.39, 0.29) is 39.8 Å². The fourth-order valence-electron chi connectivity index (χ4n) is 11.0. The predicted octanol–water partition coefficient (Wildman–Crippen LogP) is 6.96. The summed E-state index contributed by atoms with van der Waals surface area (Å²) < 4.78 is 11.5. The zero-order valence-electron chi connectivity index (χ0n) is 27.9. The Morgan fingerprint density at radius 3 is 2.43 bits per heavy atom. The minimum atomic E-state index is -0.810. The van der Waals surface area contributed by atoms with Crippen molar-refractivity contribution < 1.29 is 23.8 Å². The summed E-state index contributed by atoms with van der Waals surface area (Å²) in [5.41, 5.74) is -0.240. The summed E-state index contributed by atoms with van der Waals surface area (Å²) in [5.74, 6) is 0.779. The second kappa shape index (κ2) is 9.61. The highest BCUT2D eigenvalue weighted by molar-refractivity contribution is 5.95. The number of esters is 1. The van der Waals surface area contributed by atoms with Gasteiger partial charge in [-0.2, -0.15) is 5.26 Å². The fraction of sp³-hybridized carbons (Fsp3) is 0.750. The minimum absolute atomic E-state index is 0.0286. The number of aliphatic hydroxyl groups excluding tert-OH is 1. The average Bonchev–Trinajstić information content (AvgIpc) is 3.45. The fourth-order valence-corrected chi connectivity index (χ4v) is 11.0. The highest BCUT2D eigenvalue weighted by Gasteiger charge is 2.69. The van der Waals surface area contributed by atoms with Gasteiger partial charge in [0, 0.05) is 23.7 Å². The number of ketones is 1. The molecule has 0 radical (unpaired) electrons. The molecule has 1 N–H and O–H groups in total. The quantitative estimate of drug-likeness (QED) is 0.368. The highest BCUT2D eigenvalue weighted by atomic mass is 16.6. The molecule has 1 aromatic rings. The first-order valence-corrected chi connectivity index (χ1v) is 16.4.